The van der Waals surface area contributed by atoms with Crippen molar-refractivity contribution in [2.75, 3.05) is 0 Å². The summed E-state index contributed by atoms with van der Waals surface area (Å²) in [5.41, 5.74) is 0. The Kier molecular flexibility index (Phi) is 9.58. The van der Waals surface area contributed by atoms with Gasteiger partial charge >= 0.3 is 0 Å². The second-order valence-electron chi connectivity index (χ2n) is 4.02. The van der Waals surface area contributed by atoms with Gasteiger partial charge in [-0.2, -0.15) is 0 Å². The Morgan fingerprint density at radius 2 is 1.12 bits per heavy atom. The van der Waals surface area contributed by atoms with Crippen LogP contribution in [0.15, 0.2) is 24.3 Å². The molecule has 0 saturated carbocycles. The van der Waals surface area contributed by atoms with Gasteiger partial charge < -0.3 is 0 Å². The molecule has 0 heterocycles. The molecule has 0 aromatic heterocycles. The maximum Gasteiger partial charge on any atom is 0.152 e. The van der Waals surface area contributed by atoms with Crippen LogP contribution in [0.4, 0.5) is 0 Å². The molecular weight excluding hydrogens is 200 g/mol. The molecule has 2 heteroatoms. The highest BCUT2D eigenvalue weighted by atomic mass is 16.1. The van der Waals surface area contributed by atoms with E-state index in [1.807, 2.05) is 12.2 Å². The summed E-state index contributed by atoms with van der Waals surface area (Å²) in [7, 11) is 0. The zero-order valence-electron chi connectivity index (χ0n) is 10.4. The number of carbonyl (C=O) groups excluding carboxylic acids is 2. The van der Waals surface area contributed by atoms with Gasteiger partial charge in [0.2, 0.25) is 0 Å². The van der Waals surface area contributed by atoms with Crippen LogP contribution >= 0.6 is 0 Å². The summed E-state index contributed by atoms with van der Waals surface area (Å²) in [4.78, 5) is 21.2. The van der Waals surface area contributed by atoms with E-state index in [2.05, 4.69) is 0 Å². The summed E-state index contributed by atoms with van der Waals surface area (Å²) >= 11 is 0. The van der Waals surface area contributed by atoms with Crippen molar-refractivity contribution in [1.82, 2.24) is 0 Å². The fourth-order valence-corrected chi connectivity index (χ4v) is 1.38. The van der Waals surface area contributed by atoms with Crippen LogP contribution in [0, 0.1) is 0 Å². The predicted molar refractivity (Wildman–Crippen MR) is 67.3 cm³/mol. The van der Waals surface area contributed by atoms with Crippen molar-refractivity contribution in [2.24, 2.45) is 0 Å². The van der Waals surface area contributed by atoms with E-state index in [1.165, 1.54) is 12.8 Å². The lowest BCUT2D eigenvalue weighted by molar-refractivity contribution is -0.113. The molecule has 0 aliphatic heterocycles. The third-order valence-electron chi connectivity index (χ3n) is 2.20. The summed E-state index contributed by atoms with van der Waals surface area (Å²) in [5.74, 6) is 0.240. The molecule has 0 atom stereocenters. The Balaban J connectivity index is 3.22. The maximum absolute atomic E-state index is 10.6. The van der Waals surface area contributed by atoms with Gasteiger partial charge in [0.25, 0.3) is 0 Å². The zero-order valence-corrected chi connectivity index (χ0v) is 10.4. The van der Waals surface area contributed by atoms with Gasteiger partial charge in [-0.05, 0) is 51.7 Å². The standard InChI is InChI=1S/C14H22O2/c1-13(15)11-9-7-5-3-4-6-8-10-12-14(2)16/h9-12H,3-8H2,1-2H3/b11-9+,12-10+. The van der Waals surface area contributed by atoms with Crippen LogP contribution in [0.5, 0.6) is 0 Å². The minimum Gasteiger partial charge on any atom is -0.295 e. The third kappa shape index (κ3) is 12.8. The fourth-order valence-electron chi connectivity index (χ4n) is 1.38. The first-order valence-electron chi connectivity index (χ1n) is 5.97. The van der Waals surface area contributed by atoms with Crippen molar-refractivity contribution in [3.63, 3.8) is 0 Å². The Hall–Kier alpha value is -1.18. The van der Waals surface area contributed by atoms with Gasteiger partial charge in [0.05, 0.1) is 0 Å². The van der Waals surface area contributed by atoms with Gasteiger partial charge in [-0.25, -0.2) is 0 Å². The van der Waals surface area contributed by atoms with E-state index in [9.17, 15) is 9.59 Å². The van der Waals surface area contributed by atoms with Gasteiger partial charge in [0.15, 0.2) is 11.6 Å². The monoisotopic (exact) mass is 222 g/mol. The van der Waals surface area contributed by atoms with Crippen molar-refractivity contribution in [1.29, 1.82) is 0 Å². The topological polar surface area (TPSA) is 34.1 Å². The van der Waals surface area contributed by atoms with Gasteiger partial charge in [-0.3, -0.25) is 9.59 Å². The van der Waals surface area contributed by atoms with E-state index in [4.69, 9.17) is 0 Å². The number of hydrogen-bond acceptors (Lipinski definition) is 2. The van der Waals surface area contributed by atoms with Gasteiger partial charge in [-0.1, -0.05) is 25.0 Å². The van der Waals surface area contributed by atoms with Crippen LogP contribution in [0.2, 0.25) is 0 Å². The highest BCUT2D eigenvalue weighted by molar-refractivity contribution is 5.87. The first kappa shape index (κ1) is 14.8. The lowest BCUT2D eigenvalue weighted by Crippen LogP contribution is -1.82. The highest BCUT2D eigenvalue weighted by Gasteiger charge is 1.89. The number of hydrogen-bond donors (Lipinski definition) is 0. The third-order valence-corrected chi connectivity index (χ3v) is 2.20. The van der Waals surface area contributed by atoms with Crippen molar-refractivity contribution < 1.29 is 9.59 Å². The number of ketones is 2. The van der Waals surface area contributed by atoms with E-state index in [0.29, 0.717) is 0 Å². The van der Waals surface area contributed by atoms with Crippen LogP contribution in [-0.4, -0.2) is 11.6 Å². The van der Waals surface area contributed by atoms with Gasteiger partial charge in [0.1, 0.15) is 0 Å². The molecule has 0 aliphatic rings. The molecule has 0 unspecified atom stereocenters. The number of allylic oxidation sites excluding steroid dienone is 4. The van der Waals surface area contributed by atoms with Gasteiger partial charge in [0, 0.05) is 0 Å². The Morgan fingerprint density at radius 3 is 1.44 bits per heavy atom. The average Bonchev–Trinajstić information content (AvgIpc) is 2.20. The summed E-state index contributed by atoms with van der Waals surface area (Å²) in [6.45, 7) is 3.13. The normalized spacial score (nSPS) is 11.4. The minimum absolute atomic E-state index is 0.120. The molecule has 16 heavy (non-hydrogen) atoms. The molecule has 0 aromatic rings. The number of unbranched alkanes of at least 4 members (excludes halogenated alkanes) is 5. The molecule has 0 amide bonds. The smallest absolute Gasteiger partial charge is 0.152 e. The highest BCUT2D eigenvalue weighted by Crippen LogP contribution is 2.06. The van der Waals surface area contributed by atoms with E-state index >= 15 is 0 Å². The second kappa shape index (κ2) is 10.3. The molecule has 2 nitrogen and oxygen atoms in total. The van der Waals surface area contributed by atoms with Crippen LogP contribution in [0.25, 0.3) is 0 Å². The molecule has 0 saturated heterocycles. The fraction of sp³-hybridized carbons (Fsp3) is 0.571. The molecule has 0 spiro atoms. The van der Waals surface area contributed by atoms with Crippen molar-refractivity contribution in [2.45, 2.75) is 52.4 Å². The molecular formula is C14H22O2. The molecule has 0 rings (SSSR count). The molecule has 0 aromatic carbocycles. The number of rotatable bonds is 9. The lowest BCUT2D eigenvalue weighted by Gasteiger charge is -1.96. The Bertz CT molecular complexity index is 234. The average molecular weight is 222 g/mol. The van der Waals surface area contributed by atoms with Crippen molar-refractivity contribution in [3.8, 4) is 0 Å². The van der Waals surface area contributed by atoms with Crippen molar-refractivity contribution in [3.05, 3.63) is 24.3 Å². The first-order chi connectivity index (χ1) is 7.63. The minimum atomic E-state index is 0.120. The van der Waals surface area contributed by atoms with Crippen LogP contribution < -0.4 is 0 Å². The SMILES string of the molecule is CC(=O)/C=C/CCCCCC/C=C/C(C)=O. The van der Waals surface area contributed by atoms with Crippen LogP contribution in [0.1, 0.15) is 52.4 Å². The maximum atomic E-state index is 10.6. The summed E-state index contributed by atoms with van der Waals surface area (Å²) < 4.78 is 0. The molecule has 0 N–H and O–H groups in total. The quantitative estimate of drug-likeness (QED) is 0.441. The summed E-state index contributed by atoms with van der Waals surface area (Å²) in [6.07, 6.45) is 13.8. The number of carbonyl (C=O) groups is 2. The van der Waals surface area contributed by atoms with Crippen LogP contribution in [-0.2, 0) is 9.59 Å². The van der Waals surface area contributed by atoms with E-state index < -0.39 is 0 Å². The Morgan fingerprint density at radius 1 is 0.750 bits per heavy atom. The molecule has 0 radical (unpaired) electrons. The predicted octanol–water partition coefficient (Wildman–Crippen LogP) is 3.62. The van der Waals surface area contributed by atoms with Gasteiger partial charge in [-0.15, -0.1) is 0 Å². The Labute approximate surface area is 98.4 Å². The largest absolute Gasteiger partial charge is 0.295 e. The van der Waals surface area contributed by atoms with E-state index in [0.717, 1.165) is 25.7 Å². The zero-order chi connectivity index (χ0) is 12.2. The second-order valence-corrected chi connectivity index (χ2v) is 4.02. The lowest BCUT2D eigenvalue weighted by atomic mass is 10.1. The molecule has 0 bridgehead atoms. The molecule has 0 fully saturated rings. The van der Waals surface area contributed by atoms with Crippen molar-refractivity contribution >= 4 is 11.6 Å². The summed E-state index contributed by atoms with van der Waals surface area (Å²) in [6, 6.07) is 0. The molecule has 90 valence electrons. The van der Waals surface area contributed by atoms with Crippen LogP contribution in [0.3, 0.4) is 0 Å². The molecule has 0 aliphatic carbocycles. The first-order valence-corrected chi connectivity index (χ1v) is 5.97. The van der Waals surface area contributed by atoms with E-state index in [-0.39, 0.29) is 11.6 Å². The van der Waals surface area contributed by atoms with E-state index in [1.54, 1.807) is 26.0 Å². The summed E-state index contributed by atoms with van der Waals surface area (Å²) in [5, 5.41) is 0.